The van der Waals surface area contributed by atoms with Crippen LogP contribution in [0.15, 0.2) is 18.2 Å². The van der Waals surface area contributed by atoms with Crippen LogP contribution in [-0.2, 0) is 4.79 Å². The third-order valence-electron chi connectivity index (χ3n) is 5.06. The second kappa shape index (κ2) is 7.41. The second-order valence-electron chi connectivity index (χ2n) is 7.14. The summed E-state index contributed by atoms with van der Waals surface area (Å²) in [5.74, 6) is -0.216. The molecule has 0 radical (unpaired) electrons. The predicted molar refractivity (Wildman–Crippen MR) is 102 cm³/mol. The molecule has 2 aliphatic rings. The Bertz CT molecular complexity index is 932. The molecule has 1 aromatic heterocycles. The van der Waals surface area contributed by atoms with Crippen LogP contribution < -0.4 is 10.2 Å². The van der Waals surface area contributed by atoms with Crippen LogP contribution in [0.2, 0.25) is 0 Å². The standard InChI is InChI=1S/C19H22N6O3/c1-12-5-6-13-14(11-12)17(28)25(16(13)27)10-7-15(26)20-18-21-19(23-22-18)24-8-3-2-4-9-24/h5-6,11H,2-4,7-10H2,1H3,(H2,20,21,22,23,26). The van der Waals surface area contributed by atoms with E-state index in [2.05, 4.69) is 25.4 Å². The van der Waals surface area contributed by atoms with Gasteiger partial charge in [0, 0.05) is 26.1 Å². The number of benzene rings is 1. The monoisotopic (exact) mass is 382 g/mol. The number of piperidine rings is 1. The van der Waals surface area contributed by atoms with Crippen molar-refractivity contribution in [1.29, 1.82) is 0 Å². The lowest BCUT2D eigenvalue weighted by Gasteiger charge is -2.24. The summed E-state index contributed by atoms with van der Waals surface area (Å²) in [5, 5.41) is 9.51. The average Bonchev–Trinajstić information content (AvgIpc) is 3.25. The van der Waals surface area contributed by atoms with E-state index in [0.29, 0.717) is 17.1 Å². The Hall–Kier alpha value is -3.23. The molecule has 0 spiro atoms. The Balaban J connectivity index is 1.33. The predicted octanol–water partition coefficient (Wildman–Crippen LogP) is 1.73. The SMILES string of the molecule is Cc1ccc2c(c1)C(=O)N(CCC(=O)Nc1nc(N3CCCCC3)n[nH]1)C2=O. The van der Waals surface area contributed by atoms with Crippen molar-refractivity contribution in [3.05, 3.63) is 34.9 Å². The third-order valence-corrected chi connectivity index (χ3v) is 5.06. The van der Waals surface area contributed by atoms with E-state index in [1.54, 1.807) is 18.2 Å². The number of carbonyl (C=O) groups is 3. The van der Waals surface area contributed by atoms with Crippen LogP contribution in [-0.4, -0.2) is 57.4 Å². The fourth-order valence-corrected chi connectivity index (χ4v) is 3.56. The van der Waals surface area contributed by atoms with E-state index in [1.807, 2.05) is 6.92 Å². The number of rotatable bonds is 5. The van der Waals surface area contributed by atoms with Crippen LogP contribution in [0.1, 0.15) is 52.0 Å². The number of imide groups is 1. The minimum absolute atomic E-state index is 0.00972. The number of aryl methyl sites for hydroxylation is 1. The Morgan fingerprint density at radius 3 is 2.68 bits per heavy atom. The molecule has 0 aliphatic carbocycles. The zero-order chi connectivity index (χ0) is 19.7. The van der Waals surface area contributed by atoms with E-state index in [9.17, 15) is 14.4 Å². The van der Waals surface area contributed by atoms with Crippen molar-refractivity contribution in [1.82, 2.24) is 20.1 Å². The molecule has 28 heavy (non-hydrogen) atoms. The van der Waals surface area contributed by atoms with Gasteiger partial charge in [0.1, 0.15) is 0 Å². The molecule has 2 N–H and O–H groups in total. The van der Waals surface area contributed by atoms with Crippen LogP contribution >= 0.6 is 0 Å². The van der Waals surface area contributed by atoms with Crippen molar-refractivity contribution in [3.8, 4) is 0 Å². The van der Waals surface area contributed by atoms with E-state index < -0.39 is 0 Å². The molecule has 0 unspecified atom stereocenters. The van der Waals surface area contributed by atoms with Gasteiger partial charge in [-0.3, -0.25) is 24.6 Å². The maximum absolute atomic E-state index is 12.4. The highest BCUT2D eigenvalue weighted by atomic mass is 16.2. The van der Waals surface area contributed by atoms with E-state index in [4.69, 9.17) is 0 Å². The molecular formula is C19H22N6O3. The number of hydrogen-bond donors (Lipinski definition) is 2. The molecule has 0 saturated carbocycles. The van der Waals surface area contributed by atoms with Crippen LogP contribution in [0, 0.1) is 6.92 Å². The first-order valence-electron chi connectivity index (χ1n) is 9.47. The minimum Gasteiger partial charge on any atom is -0.340 e. The number of carbonyl (C=O) groups excluding carboxylic acids is 3. The Kier molecular flexibility index (Phi) is 4.81. The fourth-order valence-electron chi connectivity index (χ4n) is 3.56. The molecule has 0 bridgehead atoms. The molecule has 4 rings (SSSR count). The average molecular weight is 382 g/mol. The van der Waals surface area contributed by atoms with Gasteiger partial charge in [-0.1, -0.05) is 11.6 Å². The highest BCUT2D eigenvalue weighted by molar-refractivity contribution is 6.21. The summed E-state index contributed by atoms with van der Waals surface area (Å²) in [4.78, 5) is 44.6. The van der Waals surface area contributed by atoms with Gasteiger partial charge in [0.2, 0.25) is 17.8 Å². The molecule has 146 valence electrons. The number of hydrogen-bond acceptors (Lipinski definition) is 6. The van der Waals surface area contributed by atoms with Gasteiger partial charge in [-0.05, 0) is 38.3 Å². The third kappa shape index (κ3) is 3.47. The summed E-state index contributed by atoms with van der Waals surface area (Å²) in [6.07, 6.45) is 3.41. The smallest absolute Gasteiger partial charge is 0.261 e. The first-order valence-corrected chi connectivity index (χ1v) is 9.47. The molecule has 1 fully saturated rings. The summed E-state index contributed by atoms with van der Waals surface area (Å²) in [6, 6.07) is 5.15. The molecule has 3 amide bonds. The molecule has 3 heterocycles. The zero-order valence-corrected chi connectivity index (χ0v) is 15.7. The van der Waals surface area contributed by atoms with E-state index >= 15 is 0 Å². The number of H-pyrrole nitrogens is 1. The quantitative estimate of drug-likeness (QED) is 0.762. The van der Waals surface area contributed by atoms with Gasteiger partial charge >= 0.3 is 0 Å². The first kappa shape index (κ1) is 18.1. The molecule has 0 atom stereocenters. The van der Waals surface area contributed by atoms with Crippen molar-refractivity contribution < 1.29 is 14.4 Å². The number of amides is 3. The van der Waals surface area contributed by atoms with Crippen molar-refractivity contribution in [3.63, 3.8) is 0 Å². The summed E-state index contributed by atoms with van der Waals surface area (Å²) in [7, 11) is 0. The number of fused-ring (bicyclic) bond motifs is 1. The molecule has 9 heteroatoms. The zero-order valence-electron chi connectivity index (χ0n) is 15.7. The van der Waals surface area contributed by atoms with Gasteiger partial charge < -0.3 is 4.90 Å². The topological polar surface area (TPSA) is 111 Å². The number of aromatic amines is 1. The van der Waals surface area contributed by atoms with Crippen molar-refractivity contribution in [2.24, 2.45) is 0 Å². The second-order valence-corrected chi connectivity index (χ2v) is 7.14. The highest BCUT2D eigenvalue weighted by Crippen LogP contribution is 2.24. The van der Waals surface area contributed by atoms with Crippen molar-refractivity contribution >= 4 is 29.6 Å². The lowest BCUT2D eigenvalue weighted by molar-refractivity contribution is -0.116. The van der Waals surface area contributed by atoms with Gasteiger partial charge in [-0.2, -0.15) is 4.98 Å². The molecule has 2 aromatic rings. The van der Waals surface area contributed by atoms with E-state index in [-0.39, 0.29) is 36.6 Å². The minimum atomic E-state index is -0.361. The number of nitrogens with one attached hydrogen (secondary N) is 2. The molecule has 9 nitrogen and oxygen atoms in total. The molecular weight excluding hydrogens is 360 g/mol. The fraction of sp³-hybridized carbons (Fsp3) is 0.421. The number of anilines is 2. The van der Waals surface area contributed by atoms with E-state index in [1.165, 1.54) is 6.42 Å². The largest absolute Gasteiger partial charge is 0.340 e. The maximum atomic E-state index is 12.4. The Morgan fingerprint density at radius 2 is 1.89 bits per heavy atom. The van der Waals surface area contributed by atoms with Gasteiger partial charge in [0.25, 0.3) is 11.8 Å². The Morgan fingerprint density at radius 1 is 1.14 bits per heavy atom. The van der Waals surface area contributed by atoms with Crippen LogP contribution in [0.4, 0.5) is 11.9 Å². The summed E-state index contributed by atoms with van der Waals surface area (Å²) in [6.45, 7) is 3.70. The summed E-state index contributed by atoms with van der Waals surface area (Å²) < 4.78 is 0. The van der Waals surface area contributed by atoms with Gasteiger partial charge in [0.05, 0.1) is 11.1 Å². The number of aromatic nitrogens is 3. The first-order chi connectivity index (χ1) is 13.5. The van der Waals surface area contributed by atoms with Crippen LogP contribution in [0.5, 0.6) is 0 Å². The Labute approximate surface area is 162 Å². The van der Waals surface area contributed by atoms with Gasteiger partial charge in [0.15, 0.2) is 0 Å². The molecule has 1 saturated heterocycles. The van der Waals surface area contributed by atoms with Crippen LogP contribution in [0.3, 0.4) is 0 Å². The lowest BCUT2D eigenvalue weighted by Crippen LogP contribution is -2.33. The normalized spacial score (nSPS) is 16.5. The van der Waals surface area contributed by atoms with Gasteiger partial charge in [-0.25, -0.2) is 5.10 Å². The highest BCUT2D eigenvalue weighted by Gasteiger charge is 2.35. The molecule has 2 aliphatic heterocycles. The van der Waals surface area contributed by atoms with Crippen molar-refractivity contribution in [2.45, 2.75) is 32.6 Å². The van der Waals surface area contributed by atoms with E-state index in [0.717, 1.165) is 36.4 Å². The van der Waals surface area contributed by atoms with Gasteiger partial charge in [-0.15, -0.1) is 5.10 Å². The number of nitrogens with zero attached hydrogens (tertiary/aromatic N) is 4. The summed E-state index contributed by atoms with van der Waals surface area (Å²) >= 11 is 0. The summed E-state index contributed by atoms with van der Waals surface area (Å²) in [5.41, 5.74) is 1.69. The van der Waals surface area contributed by atoms with Crippen LogP contribution in [0.25, 0.3) is 0 Å². The maximum Gasteiger partial charge on any atom is 0.261 e. The van der Waals surface area contributed by atoms with Crippen molar-refractivity contribution in [2.75, 3.05) is 29.9 Å². The molecule has 1 aromatic carbocycles. The lowest BCUT2D eigenvalue weighted by atomic mass is 10.1.